The minimum Gasteiger partial charge on any atom is -0.480 e. The number of nitrogens with zero attached hydrogens (tertiary/aromatic N) is 1. The van der Waals surface area contributed by atoms with E-state index in [9.17, 15) is 9.59 Å². The van der Waals surface area contributed by atoms with E-state index >= 15 is 0 Å². The van der Waals surface area contributed by atoms with Crippen LogP contribution in [-0.2, 0) is 9.53 Å². The molecule has 0 saturated heterocycles. The first kappa shape index (κ1) is 17.1. The summed E-state index contributed by atoms with van der Waals surface area (Å²) in [6.07, 6.45) is 2.87. The number of thioether (sulfide) groups is 1. The molecule has 0 saturated carbocycles. The molecular weight excluding hydrogens is 256 g/mol. The molecule has 0 spiro atoms. The zero-order chi connectivity index (χ0) is 14.1. The average molecular weight is 278 g/mol. The van der Waals surface area contributed by atoms with Crippen molar-refractivity contribution >= 4 is 23.8 Å². The van der Waals surface area contributed by atoms with Crippen LogP contribution in [0.25, 0.3) is 0 Å². The standard InChI is InChI=1S/C11H22N2O4S/c1-8(5-6-18-4)13(2)11(16)12-9(7-17-3)10(14)15/h8-9H,5-7H2,1-4H3,(H,12,16)(H,14,15). The van der Waals surface area contributed by atoms with Gasteiger partial charge in [-0.25, -0.2) is 9.59 Å². The number of carboxylic acid groups (broad SMARTS) is 1. The second kappa shape index (κ2) is 9.04. The molecule has 7 heteroatoms. The van der Waals surface area contributed by atoms with E-state index in [2.05, 4.69) is 5.32 Å². The Morgan fingerprint density at radius 3 is 2.56 bits per heavy atom. The van der Waals surface area contributed by atoms with E-state index < -0.39 is 18.0 Å². The first-order valence-corrected chi connectivity index (χ1v) is 7.07. The van der Waals surface area contributed by atoms with E-state index in [0.717, 1.165) is 12.2 Å². The topological polar surface area (TPSA) is 78.9 Å². The highest BCUT2D eigenvalue weighted by Crippen LogP contribution is 2.06. The van der Waals surface area contributed by atoms with Crippen LogP contribution in [0.4, 0.5) is 4.79 Å². The molecule has 6 nitrogen and oxygen atoms in total. The van der Waals surface area contributed by atoms with E-state index in [1.165, 1.54) is 12.0 Å². The number of nitrogens with one attached hydrogen (secondary N) is 1. The molecule has 0 aromatic rings. The fourth-order valence-corrected chi connectivity index (χ4v) is 1.85. The number of amides is 2. The number of hydrogen-bond acceptors (Lipinski definition) is 4. The Hall–Kier alpha value is -0.950. The van der Waals surface area contributed by atoms with Crippen molar-refractivity contribution in [2.45, 2.75) is 25.4 Å². The van der Waals surface area contributed by atoms with Crippen molar-refractivity contribution in [3.63, 3.8) is 0 Å². The van der Waals surface area contributed by atoms with Crippen molar-refractivity contribution in [1.82, 2.24) is 10.2 Å². The Labute approximate surface area is 112 Å². The van der Waals surface area contributed by atoms with Crippen LogP contribution in [0, 0.1) is 0 Å². The zero-order valence-electron chi connectivity index (χ0n) is 11.3. The zero-order valence-corrected chi connectivity index (χ0v) is 12.1. The molecule has 0 bridgehead atoms. The van der Waals surface area contributed by atoms with Crippen LogP contribution in [0.2, 0.25) is 0 Å². The highest BCUT2D eigenvalue weighted by molar-refractivity contribution is 7.98. The monoisotopic (exact) mass is 278 g/mol. The van der Waals surface area contributed by atoms with Crippen LogP contribution in [0.15, 0.2) is 0 Å². The third-order valence-corrected chi connectivity index (χ3v) is 3.29. The molecule has 2 amide bonds. The smallest absolute Gasteiger partial charge is 0.328 e. The lowest BCUT2D eigenvalue weighted by atomic mass is 10.2. The number of carbonyl (C=O) groups is 2. The molecule has 0 aliphatic rings. The lowest BCUT2D eigenvalue weighted by Crippen LogP contribution is -2.50. The van der Waals surface area contributed by atoms with Gasteiger partial charge in [-0.2, -0.15) is 11.8 Å². The number of hydrogen-bond donors (Lipinski definition) is 2. The van der Waals surface area contributed by atoms with Gasteiger partial charge in [0, 0.05) is 20.2 Å². The quantitative estimate of drug-likeness (QED) is 0.689. The van der Waals surface area contributed by atoms with Gasteiger partial charge in [0.05, 0.1) is 6.61 Å². The maximum absolute atomic E-state index is 11.8. The molecule has 2 atom stereocenters. The molecule has 0 aliphatic heterocycles. The van der Waals surface area contributed by atoms with E-state index in [0.29, 0.717) is 0 Å². The summed E-state index contributed by atoms with van der Waals surface area (Å²) in [7, 11) is 3.05. The molecule has 0 rings (SSSR count). The van der Waals surface area contributed by atoms with Crippen molar-refractivity contribution in [3.8, 4) is 0 Å². The normalized spacial score (nSPS) is 13.8. The second-order valence-corrected chi connectivity index (χ2v) is 5.02. The van der Waals surface area contributed by atoms with Crippen molar-refractivity contribution in [3.05, 3.63) is 0 Å². The van der Waals surface area contributed by atoms with Gasteiger partial charge >= 0.3 is 12.0 Å². The average Bonchev–Trinajstić information content (AvgIpc) is 2.33. The van der Waals surface area contributed by atoms with Gasteiger partial charge < -0.3 is 20.1 Å². The Bertz CT molecular complexity index is 276. The Morgan fingerprint density at radius 1 is 1.50 bits per heavy atom. The number of carboxylic acids is 1. The molecule has 0 radical (unpaired) electrons. The van der Waals surface area contributed by atoms with Gasteiger partial charge in [-0.1, -0.05) is 0 Å². The maximum atomic E-state index is 11.8. The van der Waals surface area contributed by atoms with Crippen LogP contribution in [0.3, 0.4) is 0 Å². The minimum absolute atomic E-state index is 0.0475. The van der Waals surface area contributed by atoms with E-state index in [4.69, 9.17) is 9.84 Å². The molecule has 106 valence electrons. The van der Waals surface area contributed by atoms with Gasteiger partial charge in [0.1, 0.15) is 0 Å². The van der Waals surface area contributed by atoms with Crippen LogP contribution in [0.1, 0.15) is 13.3 Å². The summed E-state index contributed by atoms with van der Waals surface area (Å²) in [6.45, 7) is 1.88. The lowest BCUT2D eigenvalue weighted by Gasteiger charge is -2.26. The predicted molar refractivity (Wildman–Crippen MR) is 72.1 cm³/mol. The van der Waals surface area contributed by atoms with E-state index in [1.54, 1.807) is 18.8 Å². The van der Waals surface area contributed by atoms with Gasteiger partial charge in [0.25, 0.3) is 0 Å². The summed E-state index contributed by atoms with van der Waals surface area (Å²) < 4.78 is 4.75. The summed E-state index contributed by atoms with van der Waals surface area (Å²) in [5.41, 5.74) is 0. The molecule has 0 fully saturated rings. The number of aliphatic carboxylic acids is 1. The molecule has 0 heterocycles. The van der Waals surface area contributed by atoms with Crippen LogP contribution in [-0.4, -0.2) is 66.9 Å². The van der Waals surface area contributed by atoms with Crippen molar-refractivity contribution < 1.29 is 19.4 Å². The van der Waals surface area contributed by atoms with E-state index in [1.807, 2.05) is 13.2 Å². The first-order chi connectivity index (χ1) is 8.43. The van der Waals surface area contributed by atoms with Crippen molar-refractivity contribution in [2.24, 2.45) is 0 Å². The summed E-state index contributed by atoms with van der Waals surface area (Å²) in [4.78, 5) is 24.2. The second-order valence-electron chi connectivity index (χ2n) is 4.04. The van der Waals surface area contributed by atoms with Gasteiger partial charge in [0.2, 0.25) is 0 Å². The van der Waals surface area contributed by atoms with Crippen LogP contribution >= 0.6 is 11.8 Å². The van der Waals surface area contributed by atoms with Crippen LogP contribution < -0.4 is 5.32 Å². The largest absolute Gasteiger partial charge is 0.480 e. The third-order valence-electron chi connectivity index (χ3n) is 2.65. The molecule has 0 aromatic carbocycles. The lowest BCUT2D eigenvalue weighted by molar-refractivity contribution is -0.140. The van der Waals surface area contributed by atoms with Gasteiger partial charge in [-0.3, -0.25) is 0 Å². The fourth-order valence-electron chi connectivity index (χ4n) is 1.27. The first-order valence-electron chi connectivity index (χ1n) is 5.68. The number of rotatable bonds is 8. The van der Waals surface area contributed by atoms with E-state index in [-0.39, 0.29) is 12.6 Å². The Kier molecular flexibility index (Phi) is 8.57. The summed E-state index contributed by atoms with van der Waals surface area (Å²) in [5.74, 6) is -0.144. The molecule has 0 aromatic heterocycles. The maximum Gasteiger partial charge on any atom is 0.328 e. The molecule has 18 heavy (non-hydrogen) atoms. The minimum atomic E-state index is -1.10. The molecular formula is C11H22N2O4S. The summed E-state index contributed by atoms with van der Waals surface area (Å²) in [6, 6.07) is -1.35. The molecule has 0 aliphatic carbocycles. The molecule has 2 N–H and O–H groups in total. The summed E-state index contributed by atoms with van der Waals surface area (Å²) >= 11 is 1.71. The Balaban J connectivity index is 4.31. The summed E-state index contributed by atoms with van der Waals surface area (Å²) in [5, 5.41) is 11.3. The highest BCUT2D eigenvalue weighted by atomic mass is 32.2. The van der Waals surface area contributed by atoms with Gasteiger partial charge in [-0.15, -0.1) is 0 Å². The predicted octanol–water partition coefficient (Wildman–Crippen LogP) is 0.869. The Morgan fingerprint density at radius 2 is 2.11 bits per heavy atom. The van der Waals surface area contributed by atoms with Crippen molar-refractivity contribution in [1.29, 1.82) is 0 Å². The number of carbonyl (C=O) groups excluding carboxylic acids is 1. The van der Waals surface area contributed by atoms with Gasteiger partial charge in [-0.05, 0) is 25.4 Å². The highest BCUT2D eigenvalue weighted by Gasteiger charge is 2.23. The molecule has 2 unspecified atom stereocenters. The third kappa shape index (κ3) is 6.11. The number of urea groups is 1. The fraction of sp³-hybridized carbons (Fsp3) is 0.818. The van der Waals surface area contributed by atoms with Gasteiger partial charge in [0.15, 0.2) is 6.04 Å². The SMILES string of the molecule is COCC(NC(=O)N(C)C(C)CCSC)C(=O)O. The number of methoxy groups -OCH3 is 1. The van der Waals surface area contributed by atoms with Crippen LogP contribution in [0.5, 0.6) is 0 Å². The number of ether oxygens (including phenoxy) is 1. The van der Waals surface area contributed by atoms with Crippen molar-refractivity contribution in [2.75, 3.05) is 32.8 Å².